The molecule has 0 radical (unpaired) electrons. The summed E-state index contributed by atoms with van der Waals surface area (Å²) in [5.74, 6) is 0.161. The van der Waals surface area contributed by atoms with Gasteiger partial charge in [0.1, 0.15) is 5.75 Å². The highest BCUT2D eigenvalue weighted by Crippen LogP contribution is 2.13. The first-order chi connectivity index (χ1) is 13.7. The maximum Gasteiger partial charge on any atom is 0.344 e. The average Bonchev–Trinajstić information content (AvgIpc) is 2.73. The second-order valence-corrected chi connectivity index (χ2v) is 6.08. The molecule has 6 heteroatoms. The second kappa shape index (κ2) is 12.6. The number of carbonyl (C=O) groups is 2. The van der Waals surface area contributed by atoms with Gasteiger partial charge in [-0.1, -0.05) is 30.3 Å². The number of rotatable bonds is 13. The second-order valence-electron chi connectivity index (χ2n) is 6.08. The van der Waals surface area contributed by atoms with Gasteiger partial charge in [-0.25, -0.2) is 4.79 Å². The number of benzene rings is 2. The lowest BCUT2D eigenvalue weighted by molar-refractivity contribution is -0.145. The fraction of sp³-hybridized carbons (Fsp3) is 0.364. The van der Waals surface area contributed by atoms with Crippen LogP contribution in [0.4, 0.5) is 0 Å². The number of ether oxygens (including phenoxy) is 3. The van der Waals surface area contributed by atoms with Gasteiger partial charge in [0.15, 0.2) is 12.4 Å². The fourth-order valence-corrected chi connectivity index (χ4v) is 2.46. The molecule has 0 fully saturated rings. The maximum atomic E-state index is 12.2. The van der Waals surface area contributed by atoms with Crippen LogP contribution in [-0.2, 0) is 20.9 Å². The van der Waals surface area contributed by atoms with Crippen molar-refractivity contribution in [2.45, 2.75) is 20.0 Å². The van der Waals surface area contributed by atoms with Crippen LogP contribution in [0.5, 0.6) is 5.75 Å². The molecule has 0 saturated heterocycles. The largest absolute Gasteiger partial charge is 0.482 e. The Bertz CT molecular complexity index is 715. The molecule has 0 amide bonds. The van der Waals surface area contributed by atoms with Crippen molar-refractivity contribution in [3.63, 3.8) is 0 Å². The Balaban J connectivity index is 1.57. The predicted octanol–water partition coefficient (Wildman–Crippen LogP) is 3.01. The summed E-state index contributed by atoms with van der Waals surface area (Å²) in [7, 11) is 0. The Morgan fingerprint density at radius 3 is 2.43 bits per heavy atom. The number of Topliss-reactive ketones (excluding diaryl/α,β-unsaturated/α-hetero) is 1. The van der Waals surface area contributed by atoms with Crippen LogP contribution >= 0.6 is 0 Å². The molecule has 2 aromatic carbocycles. The van der Waals surface area contributed by atoms with Crippen molar-refractivity contribution in [2.24, 2.45) is 0 Å². The van der Waals surface area contributed by atoms with Crippen molar-refractivity contribution < 1.29 is 23.8 Å². The van der Waals surface area contributed by atoms with Crippen molar-refractivity contribution in [2.75, 3.05) is 32.9 Å². The zero-order valence-corrected chi connectivity index (χ0v) is 16.2. The van der Waals surface area contributed by atoms with Gasteiger partial charge in [-0.05, 0) is 36.8 Å². The molecule has 0 aliphatic carbocycles. The highest BCUT2D eigenvalue weighted by Gasteiger charge is 2.07. The molecule has 0 heterocycles. The van der Waals surface area contributed by atoms with Gasteiger partial charge in [-0.15, -0.1) is 0 Å². The number of carbonyl (C=O) groups excluding carboxylic acids is 2. The Morgan fingerprint density at radius 1 is 0.964 bits per heavy atom. The zero-order chi connectivity index (χ0) is 20.0. The van der Waals surface area contributed by atoms with E-state index in [2.05, 4.69) is 5.32 Å². The highest BCUT2D eigenvalue weighted by atomic mass is 16.6. The molecular formula is C22H27NO5. The molecule has 1 N–H and O–H groups in total. The van der Waals surface area contributed by atoms with Gasteiger partial charge in [0.05, 0.1) is 19.8 Å². The third kappa shape index (κ3) is 8.33. The predicted molar refractivity (Wildman–Crippen MR) is 106 cm³/mol. The summed E-state index contributed by atoms with van der Waals surface area (Å²) in [4.78, 5) is 23.5. The summed E-state index contributed by atoms with van der Waals surface area (Å²) < 4.78 is 15.7. The van der Waals surface area contributed by atoms with E-state index in [0.29, 0.717) is 50.6 Å². The van der Waals surface area contributed by atoms with Gasteiger partial charge >= 0.3 is 5.97 Å². The van der Waals surface area contributed by atoms with Gasteiger partial charge < -0.3 is 19.5 Å². The number of ketones is 1. The van der Waals surface area contributed by atoms with E-state index in [-0.39, 0.29) is 12.4 Å². The van der Waals surface area contributed by atoms with Gasteiger partial charge in [0.2, 0.25) is 0 Å². The maximum absolute atomic E-state index is 12.2. The highest BCUT2D eigenvalue weighted by molar-refractivity contribution is 5.96. The van der Waals surface area contributed by atoms with Crippen LogP contribution < -0.4 is 10.1 Å². The van der Waals surface area contributed by atoms with Crippen LogP contribution in [0.2, 0.25) is 0 Å². The molecule has 2 rings (SSSR count). The lowest BCUT2D eigenvalue weighted by Crippen LogP contribution is -2.22. The molecule has 0 unspecified atom stereocenters. The summed E-state index contributed by atoms with van der Waals surface area (Å²) in [6.07, 6.45) is 0.404. The van der Waals surface area contributed by atoms with Crippen LogP contribution in [0, 0.1) is 0 Å². The number of hydrogen-bond donors (Lipinski definition) is 1. The lowest BCUT2D eigenvalue weighted by Gasteiger charge is -2.08. The standard InChI is InChI=1S/C22H27NO5/c1-2-27-22(25)17-28-20-10-8-19(9-11-20)21(24)12-13-23-14-15-26-16-18-6-4-3-5-7-18/h3-11,23H,2,12-17H2,1H3. The van der Waals surface area contributed by atoms with Crippen LogP contribution in [-0.4, -0.2) is 44.7 Å². The van der Waals surface area contributed by atoms with Gasteiger partial charge in [-0.3, -0.25) is 4.79 Å². The first kappa shape index (κ1) is 21.6. The molecule has 0 bridgehead atoms. The SMILES string of the molecule is CCOC(=O)COc1ccc(C(=O)CCNCCOCc2ccccc2)cc1. The van der Waals surface area contributed by atoms with E-state index in [1.165, 1.54) is 0 Å². The molecule has 0 spiro atoms. The van der Waals surface area contributed by atoms with Crippen LogP contribution in [0.15, 0.2) is 54.6 Å². The number of hydrogen-bond acceptors (Lipinski definition) is 6. The fourth-order valence-electron chi connectivity index (χ4n) is 2.46. The van der Waals surface area contributed by atoms with E-state index in [1.807, 2.05) is 30.3 Å². The average molecular weight is 385 g/mol. The molecule has 28 heavy (non-hydrogen) atoms. The first-order valence-electron chi connectivity index (χ1n) is 9.43. The third-order valence-electron chi connectivity index (χ3n) is 3.90. The third-order valence-corrected chi connectivity index (χ3v) is 3.90. The van der Waals surface area contributed by atoms with Crippen molar-refractivity contribution in [1.29, 1.82) is 0 Å². The van der Waals surface area contributed by atoms with Crippen molar-refractivity contribution >= 4 is 11.8 Å². The molecule has 0 aliphatic heterocycles. The van der Waals surface area contributed by atoms with Crippen molar-refractivity contribution in [1.82, 2.24) is 5.32 Å². The molecular weight excluding hydrogens is 358 g/mol. The summed E-state index contributed by atoms with van der Waals surface area (Å²) in [6.45, 7) is 4.39. The molecule has 6 nitrogen and oxygen atoms in total. The first-order valence-corrected chi connectivity index (χ1v) is 9.43. The molecule has 0 saturated carbocycles. The summed E-state index contributed by atoms with van der Waals surface area (Å²) >= 11 is 0. The van der Waals surface area contributed by atoms with E-state index >= 15 is 0 Å². The van der Waals surface area contributed by atoms with E-state index < -0.39 is 5.97 Å². The summed E-state index contributed by atoms with van der Waals surface area (Å²) in [5.41, 5.74) is 1.76. The lowest BCUT2D eigenvalue weighted by atomic mass is 10.1. The van der Waals surface area contributed by atoms with E-state index in [0.717, 1.165) is 5.56 Å². The number of nitrogens with one attached hydrogen (secondary N) is 1. The van der Waals surface area contributed by atoms with Gasteiger partial charge in [0, 0.05) is 25.1 Å². The molecule has 2 aromatic rings. The Kier molecular flexibility index (Phi) is 9.75. The Labute approximate surface area is 165 Å². The zero-order valence-electron chi connectivity index (χ0n) is 16.2. The van der Waals surface area contributed by atoms with Crippen molar-refractivity contribution in [3.8, 4) is 5.75 Å². The normalized spacial score (nSPS) is 10.5. The topological polar surface area (TPSA) is 73.9 Å². The van der Waals surface area contributed by atoms with E-state index in [9.17, 15) is 9.59 Å². The molecule has 0 aliphatic rings. The Morgan fingerprint density at radius 2 is 1.71 bits per heavy atom. The van der Waals surface area contributed by atoms with Crippen LogP contribution in [0.3, 0.4) is 0 Å². The summed E-state index contributed by atoms with van der Waals surface area (Å²) in [5, 5.41) is 3.21. The summed E-state index contributed by atoms with van der Waals surface area (Å²) in [6, 6.07) is 16.8. The monoisotopic (exact) mass is 385 g/mol. The van der Waals surface area contributed by atoms with Gasteiger partial charge in [-0.2, -0.15) is 0 Å². The minimum atomic E-state index is -0.415. The quantitative estimate of drug-likeness (QED) is 0.325. The molecule has 0 aromatic heterocycles. The number of esters is 1. The minimum absolute atomic E-state index is 0.0506. The van der Waals surface area contributed by atoms with Crippen LogP contribution in [0.25, 0.3) is 0 Å². The molecule has 0 atom stereocenters. The van der Waals surface area contributed by atoms with E-state index in [4.69, 9.17) is 14.2 Å². The van der Waals surface area contributed by atoms with Crippen molar-refractivity contribution in [3.05, 3.63) is 65.7 Å². The minimum Gasteiger partial charge on any atom is -0.482 e. The molecule has 150 valence electrons. The van der Waals surface area contributed by atoms with E-state index in [1.54, 1.807) is 31.2 Å². The van der Waals surface area contributed by atoms with Crippen LogP contribution in [0.1, 0.15) is 29.3 Å². The smallest absolute Gasteiger partial charge is 0.344 e. The Hall–Kier alpha value is -2.70. The van der Waals surface area contributed by atoms with Gasteiger partial charge in [0.25, 0.3) is 0 Å².